The molecule has 1 N–H and O–H groups in total. The molecular weight excluding hydrogens is 420 g/mol. The fourth-order valence-electron chi connectivity index (χ4n) is 2.61. The van der Waals surface area contributed by atoms with E-state index in [9.17, 15) is 23.1 Å². The monoisotopic (exact) mass is 432 g/mol. The smallest absolute Gasteiger partial charge is 0.438 e. The van der Waals surface area contributed by atoms with Gasteiger partial charge in [0.15, 0.2) is 6.61 Å². The molecule has 1 heterocycles. The summed E-state index contributed by atoms with van der Waals surface area (Å²) >= 11 is 11.7. The van der Waals surface area contributed by atoms with Crippen molar-refractivity contribution in [1.82, 2.24) is 5.01 Å². The fourth-order valence-corrected chi connectivity index (χ4v) is 3.08. The minimum Gasteiger partial charge on any atom is -0.482 e. The number of hydrazone groups is 1. The van der Waals surface area contributed by atoms with E-state index in [0.717, 1.165) is 0 Å². The third-order valence-electron chi connectivity index (χ3n) is 4.03. The number of amides is 1. The van der Waals surface area contributed by atoms with Crippen LogP contribution < -0.4 is 4.74 Å². The molecule has 1 unspecified atom stereocenters. The molecule has 5 nitrogen and oxygen atoms in total. The molecular formula is C18H13Cl2F3N2O3. The van der Waals surface area contributed by atoms with Crippen LogP contribution in [0.2, 0.25) is 10.0 Å². The summed E-state index contributed by atoms with van der Waals surface area (Å²) in [6, 6.07) is 12.2. The Hall–Kier alpha value is -2.29. The van der Waals surface area contributed by atoms with Gasteiger partial charge >= 0.3 is 6.18 Å². The number of alkyl halides is 3. The number of rotatable bonds is 4. The third kappa shape index (κ3) is 3.94. The average molecular weight is 433 g/mol. The minimum atomic E-state index is -5.12. The van der Waals surface area contributed by atoms with Gasteiger partial charge in [-0.1, -0.05) is 53.5 Å². The van der Waals surface area contributed by atoms with Crippen molar-refractivity contribution in [3.8, 4) is 5.75 Å². The lowest BCUT2D eigenvalue weighted by atomic mass is 10.0. The molecule has 0 aromatic heterocycles. The first-order chi connectivity index (χ1) is 13.1. The molecule has 0 spiro atoms. The Labute approximate surface area is 167 Å². The number of benzene rings is 2. The van der Waals surface area contributed by atoms with Crippen LogP contribution in [0.15, 0.2) is 53.6 Å². The van der Waals surface area contributed by atoms with Crippen molar-refractivity contribution < 1.29 is 27.8 Å². The summed E-state index contributed by atoms with van der Waals surface area (Å²) in [4.78, 5) is 12.4. The zero-order valence-corrected chi connectivity index (χ0v) is 15.6. The number of aliphatic hydroxyl groups is 1. The van der Waals surface area contributed by atoms with Crippen LogP contribution in [0.5, 0.6) is 5.75 Å². The van der Waals surface area contributed by atoms with E-state index in [0.29, 0.717) is 10.6 Å². The summed E-state index contributed by atoms with van der Waals surface area (Å²) < 4.78 is 45.8. The number of nitrogens with zero attached hydrogens (tertiary/aromatic N) is 2. The van der Waals surface area contributed by atoms with E-state index in [1.165, 1.54) is 30.3 Å². The van der Waals surface area contributed by atoms with Crippen LogP contribution >= 0.6 is 23.2 Å². The second-order valence-corrected chi connectivity index (χ2v) is 6.82. The largest absolute Gasteiger partial charge is 0.482 e. The first-order valence-corrected chi connectivity index (χ1v) is 8.70. The first-order valence-electron chi connectivity index (χ1n) is 7.95. The Morgan fingerprint density at radius 1 is 1.21 bits per heavy atom. The summed E-state index contributed by atoms with van der Waals surface area (Å²) in [6.07, 6.45) is -6.02. The number of halogens is 5. The van der Waals surface area contributed by atoms with Crippen LogP contribution in [0.1, 0.15) is 12.0 Å². The molecule has 2 aromatic rings. The van der Waals surface area contributed by atoms with E-state index < -0.39 is 30.8 Å². The summed E-state index contributed by atoms with van der Waals surface area (Å²) in [7, 11) is 0. The minimum absolute atomic E-state index is 0.0131. The molecule has 10 heteroatoms. The van der Waals surface area contributed by atoms with Crippen molar-refractivity contribution in [2.75, 3.05) is 6.61 Å². The molecule has 1 atom stereocenters. The Bertz CT molecular complexity index is 922. The van der Waals surface area contributed by atoms with Crippen molar-refractivity contribution in [2.24, 2.45) is 5.10 Å². The lowest BCUT2D eigenvalue weighted by Gasteiger charge is -2.32. The Kier molecular flexibility index (Phi) is 5.56. The van der Waals surface area contributed by atoms with E-state index in [1.807, 2.05) is 0 Å². The Morgan fingerprint density at radius 3 is 2.50 bits per heavy atom. The number of carbonyl (C=O) groups is 1. The summed E-state index contributed by atoms with van der Waals surface area (Å²) in [5.41, 5.74) is -3.18. The van der Waals surface area contributed by atoms with Gasteiger partial charge in [0.05, 0.1) is 17.2 Å². The van der Waals surface area contributed by atoms with Gasteiger partial charge in [0.2, 0.25) is 0 Å². The second kappa shape index (κ2) is 7.62. The van der Waals surface area contributed by atoms with Gasteiger partial charge in [0.25, 0.3) is 11.6 Å². The van der Waals surface area contributed by atoms with E-state index in [4.69, 9.17) is 27.9 Å². The molecule has 1 aliphatic rings. The molecule has 3 rings (SSSR count). The predicted octanol–water partition coefficient (Wildman–Crippen LogP) is 4.26. The second-order valence-electron chi connectivity index (χ2n) is 5.97. The van der Waals surface area contributed by atoms with Crippen LogP contribution in [-0.2, 0) is 4.79 Å². The van der Waals surface area contributed by atoms with Gasteiger partial charge in [-0.05, 0) is 23.8 Å². The fraction of sp³-hybridized carbons (Fsp3) is 0.222. The first kappa shape index (κ1) is 20.4. The van der Waals surface area contributed by atoms with Crippen molar-refractivity contribution in [2.45, 2.75) is 18.3 Å². The van der Waals surface area contributed by atoms with E-state index in [1.54, 1.807) is 18.2 Å². The van der Waals surface area contributed by atoms with Crippen LogP contribution in [0.25, 0.3) is 0 Å². The van der Waals surface area contributed by atoms with Crippen molar-refractivity contribution in [3.63, 3.8) is 0 Å². The molecule has 2 aromatic carbocycles. The van der Waals surface area contributed by atoms with Gasteiger partial charge in [0, 0.05) is 5.02 Å². The molecule has 1 aliphatic heterocycles. The number of ether oxygens (including phenoxy) is 1. The highest BCUT2D eigenvalue weighted by Crippen LogP contribution is 2.41. The maximum atomic E-state index is 13.5. The molecule has 0 bridgehead atoms. The molecule has 28 heavy (non-hydrogen) atoms. The van der Waals surface area contributed by atoms with Gasteiger partial charge in [-0.3, -0.25) is 4.79 Å². The topological polar surface area (TPSA) is 62.1 Å². The quantitative estimate of drug-likeness (QED) is 0.784. The average Bonchev–Trinajstić information content (AvgIpc) is 3.00. The highest BCUT2D eigenvalue weighted by Gasteiger charge is 2.63. The normalized spacial score (nSPS) is 19.5. The number of hydrogen-bond acceptors (Lipinski definition) is 4. The SMILES string of the molecule is O=C(COc1ccc(Cl)cc1Cl)N1N=C(c2ccccc2)CC1(O)C(F)(F)F. The van der Waals surface area contributed by atoms with Crippen LogP contribution in [-0.4, -0.2) is 40.2 Å². The predicted molar refractivity (Wildman–Crippen MR) is 97.4 cm³/mol. The van der Waals surface area contributed by atoms with E-state index in [2.05, 4.69) is 5.10 Å². The van der Waals surface area contributed by atoms with Crippen molar-refractivity contribution in [1.29, 1.82) is 0 Å². The van der Waals surface area contributed by atoms with Gasteiger partial charge in [0.1, 0.15) is 5.75 Å². The third-order valence-corrected chi connectivity index (χ3v) is 4.56. The molecule has 148 valence electrons. The number of hydrogen-bond donors (Lipinski definition) is 1. The highest BCUT2D eigenvalue weighted by atomic mass is 35.5. The van der Waals surface area contributed by atoms with Crippen molar-refractivity contribution >= 4 is 34.8 Å². The van der Waals surface area contributed by atoms with Crippen LogP contribution in [0.3, 0.4) is 0 Å². The standard InChI is InChI=1S/C18H13Cl2F3N2O3/c19-12-6-7-15(13(20)8-12)28-10-16(26)25-17(27,18(21,22)23)9-14(24-25)11-4-2-1-3-5-11/h1-8,27H,9-10H2. The van der Waals surface area contributed by atoms with Crippen molar-refractivity contribution in [3.05, 3.63) is 64.1 Å². The number of carbonyl (C=O) groups excluding carboxylic acids is 1. The van der Waals surface area contributed by atoms with E-state index in [-0.39, 0.29) is 21.5 Å². The zero-order valence-electron chi connectivity index (χ0n) is 14.1. The van der Waals surface area contributed by atoms with Crippen LogP contribution in [0.4, 0.5) is 13.2 Å². The van der Waals surface area contributed by atoms with E-state index >= 15 is 0 Å². The molecule has 0 radical (unpaired) electrons. The van der Waals surface area contributed by atoms with Gasteiger partial charge < -0.3 is 9.84 Å². The molecule has 0 saturated heterocycles. The van der Waals surface area contributed by atoms with Crippen LogP contribution in [0, 0.1) is 0 Å². The molecule has 0 fully saturated rings. The van der Waals surface area contributed by atoms with Gasteiger partial charge in [-0.2, -0.15) is 23.3 Å². The summed E-state index contributed by atoms with van der Waals surface area (Å²) in [5.74, 6) is -1.13. The highest BCUT2D eigenvalue weighted by molar-refractivity contribution is 6.35. The summed E-state index contributed by atoms with van der Waals surface area (Å²) in [6.45, 7) is -0.814. The molecule has 0 saturated carbocycles. The molecule has 0 aliphatic carbocycles. The molecule has 1 amide bonds. The Morgan fingerprint density at radius 2 is 1.89 bits per heavy atom. The van der Waals surface area contributed by atoms with Gasteiger partial charge in [-0.25, -0.2) is 0 Å². The maximum Gasteiger partial charge on any atom is 0.438 e. The Balaban J connectivity index is 1.85. The lowest BCUT2D eigenvalue weighted by Crippen LogP contribution is -2.57. The maximum absolute atomic E-state index is 13.5. The summed E-state index contributed by atoms with van der Waals surface area (Å²) in [5, 5.41) is 14.4. The zero-order chi connectivity index (χ0) is 20.5. The van der Waals surface area contributed by atoms with Gasteiger partial charge in [-0.15, -0.1) is 0 Å². The lowest BCUT2D eigenvalue weighted by molar-refractivity contribution is -0.302.